The molecule has 1 aromatic heterocycles. The van der Waals surface area contributed by atoms with Gasteiger partial charge in [0, 0.05) is 12.0 Å². The number of ether oxygens (including phenoxy) is 2. The summed E-state index contributed by atoms with van der Waals surface area (Å²) in [4.78, 5) is 16.3. The Bertz CT molecular complexity index is 887. The molecule has 0 N–H and O–H groups in total. The normalized spacial score (nSPS) is 10.6. The average molecular weight is 366 g/mol. The molecule has 0 bridgehead atoms. The fourth-order valence-corrected chi connectivity index (χ4v) is 2.68. The molecule has 27 heavy (non-hydrogen) atoms. The van der Waals surface area contributed by atoms with Crippen molar-refractivity contribution in [2.24, 2.45) is 0 Å². The highest BCUT2D eigenvalue weighted by Gasteiger charge is 2.12. The van der Waals surface area contributed by atoms with Crippen LogP contribution < -0.4 is 4.74 Å². The third-order valence-electron chi connectivity index (χ3n) is 4.24. The van der Waals surface area contributed by atoms with Gasteiger partial charge in [-0.25, -0.2) is 0 Å². The molecule has 6 heteroatoms. The summed E-state index contributed by atoms with van der Waals surface area (Å²) in [5.74, 6) is 1.20. The van der Waals surface area contributed by atoms with Crippen molar-refractivity contribution in [2.45, 2.75) is 32.8 Å². The first kappa shape index (κ1) is 18.6. The van der Waals surface area contributed by atoms with Gasteiger partial charge in [-0.05, 0) is 30.0 Å². The molecule has 1 heterocycles. The summed E-state index contributed by atoms with van der Waals surface area (Å²) in [5, 5.41) is 3.94. The Kier molecular flexibility index (Phi) is 6.20. The number of benzene rings is 2. The maximum Gasteiger partial charge on any atom is 0.306 e. The lowest BCUT2D eigenvalue weighted by atomic mass is 10.1. The molecule has 0 spiro atoms. The maximum absolute atomic E-state index is 12.0. The van der Waals surface area contributed by atoms with Gasteiger partial charge >= 0.3 is 5.97 Å². The van der Waals surface area contributed by atoms with Crippen LogP contribution in [0.2, 0.25) is 0 Å². The van der Waals surface area contributed by atoms with Crippen molar-refractivity contribution in [3.05, 3.63) is 65.5 Å². The minimum Gasteiger partial charge on any atom is -0.496 e. The zero-order valence-electron chi connectivity index (χ0n) is 15.5. The van der Waals surface area contributed by atoms with Crippen LogP contribution in [0, 0.1) is 0 Å². The van der Waals surface area contributed by atoms with Crippen molar-refractivity contribution < 1.29 is 18.8 Å². The molecule has 0 radical (unpaired) electrons. The highest BCUT2D eigenvalue weighted by molar-refractivity contribution is 5.69. The molecule has 0 saturated heterocycles. The number of nitrogens with zero attached hydrogens (tertiary/aromatic N) is 2. The molecule has 0 fully saturated rings. The number of carbonyl (C=O) groups excluding carboxylic acids is 1. The minimum absolute atomic E-state index is 0.0369. The van der Waals surface area contributed by atoms with Crippen LogP contribution in [0.4, 0.5) is 0 Å². The van der Waals surface area contributed by atoms with E-state index in [1.807, 2.05) is 48.5 Å². The lowest BCUT2D eigenvalue weighted by molar-refractivity contribution is -0.145. The number of methoxy groups -OCH3 is 1. The highest BCUT2D eigenvalue weighted by atomic mass is 16.6. The second-order valence-electron chi connectivity index (χ2n) is 6.03. The Morgan fingerprint density at radius 1 is 1.11 bits per heavy atom. The van der Waals surface area contributed by atoms with Gasteiger partial charge in [0.2, 0.25) is 5.82 Å². The Balaban J connectivity index is 1.51. The standard InChI is InChI=1S/C21H22N2O4/c1-3-15-8-10-17(11-9-15)21-22-19(27-23-21)14-26-20(24)13-12-16-6-4-5-7-18(16)25-2/h4-11H,3,12-14H2,1-2H3. The van der Waals surface area contributed by atoms with Crippen molar-refractivity contribution in [2.75, 3.05) is 7.11 Å². The fraction of sp³-hybridized carbons (Fsp3) is 0.286. The second-order valence-corrected chi connectivity index (χ2v) is 6.03. The van der Waals surface area contributed by atoms with E-state index in [1.165, 1.54) is 5.56 Å². The Labute approximate surface area is 158 Å². The van der Waals surface area contributed by atoms with Crippen molar-refractivity contribution in [1.82, 2.24) is 10.1 Å². The predicted molar refractivity (Wildman–Crippen MR) is 100 cm³/mol. The molecule has 0 aliphatic carbocycles. The van der Waals surface area contributed by atoms with Gasteiger partial charge in [0.25, 0.3) is 5.89 Å². The molecular weight excluding hydrogens is 344 g/mol. The van der Waals surface area contributed by atoms with Crippen molar-refractivity contribution in [3.63, 3.8) is 0 Å². The minimum atomic E-state index is -0.326. The van der Waals surface area contributed by atoms with E-state index in [9.17, 15) is 4.79 Å². The summed E-state index contributed by atoms with van der Waals surface area (Å²) in [5.41, 5.74) is 3.07. The largest absolute Gasteiger partial charge is 0.496 e. The number of rotatable bonds is 8. The number of esters is 1. The van der Waals surface area contributed by atoms with Crippen LogP contribution in [0.1, 0.15) is 30.4 Å². The molecule has 6 nitrogen and oxygen atoms in total. The quantitative estimate of drug-likeness (QED) is 0.561. The van der Waals surface area contributed by atoms with Gasteiger partial charge in [0.15, 0.2) is 6.61 Å². The molecule has 0 amide bonds. The summed E-state index contributed by atoms with van der Waals surface area (Å²) in [7, 11) is 1.61. The number of hydrogen-bond acceptors (Lipinski definition) is 6. The van der Waals surface area contributed by atoms with Gasteiger partial charge in [-0.15, -0.1) is 0 Å². The lowest BCUT2D eigenvalue weighted by Gasteiger charge is -2.07. The first-order valence-electron chi connectivity index (χ1n) is 8.89. The maximum atomic E-state index is 12.0. The third-order valence-corrected chi connectivity index (χ3v) is 4.24. The van der Waals surface area contributed by atoms with E-state index in [0.717, 1.165) is 23.3 Å². The van der Waals surface area contributed by atoms with E-state index < -0.39 is 0 Å². The number of para-hydroxylation sites is 1. The smallest absolute Gasteiger partial charge is 0.306 e. The van der Waals surface area contributed by atoms with E-state index in [1.54, 1.807) is 7.11 Å². The van der Waals surface area contributed by atoms with Crippen LogP contribution in [0.25, 0.3) is 11.4 Å². The molecule has 140 valence electrons. The number of aromatic nitrogens is 2. The summed E-state index contributed by atoms with van der Waals surface area (Å²) in [6, 6.07) is 15.6. The monoisotopic (exact) mass is 366 g/mol. The average Bonchev–Trinajstić information content (AvgIpc) is 3.20. The fourth-order valence-electron chi connectivity index (χ4n) is 2.68. The van der Waals surface area contributed by atoms with Crippen molar-refractivity contribution >= 4 is 5.97 Å². The topological polar surface area (TPSA) is 74.5 Å². The van der Waals surface area contributed by atoms with Crippen LogP contribution in [0.3, 0.4) is 0 Å². The van der Waals surface area contributed by atoms with Crippen LogP contribution in [-0.2, 0) is 29.0 Å². The summed E-state index contributed by atoms with van der Waals surface area (Å²) >= 11 is 0. The van der Waals surface area contributed by atoms with E-state index in [2.05, 4.69) is 17.1 Å². The van der Waals surface area contributed by atoms with E-state index >= 15 is 0 Å². The Hall–Kier alpha value is -3.15. The second kappa shape index (κ2) is 8.98. The SMILES string of the molecule is CCc1ccc(-c2noc(COC(=O)CCc3ccccc3OC)n2)cc1. The van der Waals surface area contributed by atoms with Crippen molar-refractivity contribution in [1.29, 1.82) is 0 Å². The Morgan fingerprint density at radius 3 is 2.63 bits per heavy atom. The molecule has 3 aromatic rings. The van der Waals surface area contributed by atoms with E-state index in [0.29, 0.717) is 12.2 Å². The van der Waals surface area contributed by atoms with Gasteiger partial charge in [-0.1, -0.05) is 54.5 Å². The van der Waals surface area contributed by atoms with Crippen molar-refractivity contribution in [3.8, 4) is 17.1 Å². The zero-order chi connectivity index (χ0) is 19.1. The molecular formula is C21H22N2O4. The number of aryl methyl sites for hydroxylation is 2. The highest BCUT2D eigenvalue weighted by Crippen LogP contribution is 2.20. The van der Waals surface area contributed by atoms with Crippen LogP contribution in [0.15, 0.2) is 53.1 Å². The van der Waals surface area contributed by atoms with Crippen LogP contribution in [-0.4, -0.2) is 23.2 Å². The van der Waals surface area contributed by atoms with Gasteiger partial charge in [0.05, 0.1) is 7.11 Å². The summed E-state index contributed by atoms with van der Waals surface area (Å²) in [6.07, 6.45) is 1.77. The molecule has 0 unspecified atom stereocenters. The predicted octanol–water partition coefficient (Wildman–Crippen LogP) is 3.98. The zero-order valence-corrected chi connectivity index (χ0v) is 15.5. The molecule has 0 aliphatic heterocycles. The van der Waals surface area contributed by atoms with Gasteiger partial charge < -0.3 is 14.0 Å². The van der Waals surface area contributed by atoms with E-state index in [4.69, 9.17) is 14.0 Å². The Morgan fingerprint density at radius 2 is 1.89 bits per heavy atom. The van der Waals surface area contributed by atoms with Crippen LogP contribution >= 0.6 is 0 Å². The summed E-state index contributed by atoms with van der Waals surface area (Å²) < 4.78 is 15.7. The van der Waals surface area contributed by atoms with Crippen LogP contribution in [0.5, 0.6) is 5.75 Å². The van der Waals surface area contributed by atoms with E-state index in [-0.39, 0.29) is 24.9 Å². The molecule has 0 saturated carbocycles. The van der Waals surface area contributed by atoms with Gasteiger partial charge in [-0.3, -0.25) is 4.79 Å². The third kappa shape index (κ3) is 4.94. The lowest BCUT2D eigenvalue weighted by Crippen LogP contribution is -2.06. The number of hydrogen-bond donors (Lipinski definition) is 0. The first-order chi connectivity index (χ1) is 13.2. The summed E-state index contributed by atoms with van der Waals surface area (Å²) in [6.45, 7) is 2.06. The molecule has 2 aromatic carbocycles. The number of carbonyl (C=O) groups is 1. The van der Waals surface area contributed by atoms with Gasteiger partial charge in [-0.2, -0.15) is 4.98 Å². The molecule has 0 aliphatic rings. The molecule has 3 rings (SSSR count). The van der Waals surface area contributed by atoms with Gasteiger partial charge in [0.1, 0.15) is 5.75 Å². The first-order valence-corrected chi connectivity index (χ1v) is 8.89. The molecule has 0 atom stereocenters.